The molecule has 0 unspecified atom stereocenters. The number of ether oxygens (including phenoxy) is 4. The third-order valence-corrected chi connectivity index (χ3v) is 5.63. The molecule has 6 nitrogen and oxygen atoms in total. The van der Waals surface area contributed by atoms with E-state index < -0.39 is 29.7 Å². The van der Waals surface area contributed by atoms with Crippen molar-refractivity contribution >= 4 is 22.8 Å². The number of hydrogen-bond acceptors (Lipinski definition) is 7. The number of rotatable bonds is 9. The van der Waals surface area contributed by atoms with E-state index in [4.69, 9.17) is 18.9 Å². The molecule has 0 saturated carbocycles. The van der Waals surface area contributed by atoms with E-state index >= 15 is 0 Å². The van der Waals surface area contributed by atoms with Crippen molar-refractivity contribution < 1.29 is 28.5 Å². The molecule has 1 aliphatic heterocycles. The van der Waals surface area contributed by atoms with E-state index in [-0.39, 0.29) is 11.7 Å². The lowest BCUT2D eigenvalue weighted by Gasteiger charge is -2.23. The fourth-order valence-corrected chi connectivity index (χ4v) is 4.24. The molecule has 2 aromatic rings. The highest BCUT2D eigenvalue weighted by Gasteiger charge is 2.48. The Labute approximate surface area is 180 Å². The molecule has 30 heavy (non-hydrogen) atoms. The van der Waals surface area contributed by atoms with Crippen LogP contribution < -0.4 is 0 Å². The summed E-state index contributed by atoms with van der Waals surface area (Å²) in [5.41, 5.74) is 2.05. The van der Waals surface area contributed by atoms with Crippen LogP contribution in [0, 0.1) is 0 Å². The number of carbonyl (C=O) groups excluding carboxylic acids is 2. The molecule has 1 saturated heterocycles. The standard InChI is InChI=1S/C23H26O6S/c1-16(24)28-23-22(30-17(2)25)21(27-14-19-11-7-4-8-12-19)20(29-23)15-26-13-18-9-5-3-6-10-18/h3-12,20-23H,13-15H2,1-2H3/t20-,21-,22+,23+/m1/s1. The summed E-state index contributed by atoms with van der Waals surface area (Å²) >= 11 is 1.07. The van der Waals surface area contributed by atoms with Crippen molar-refractivity contribution in [1.82, 2.24) is 0 Å². The van der Waals surface area contributed by atoms with Crippen LogP contribution in [0.4, 0.5) is 0 Å². The molecule has 1 heterocycles. The topological polar surface area (TPSA) is 71.1 Å². The first-order chi connectivity index (χ1) is 14.5. The van der Waals surface area contributed by atoms with Gasteiger partial charge in [-0.05, 0) is 11.1 Å². The van der Waals surface area contributed by atoms with Crippen LogP contribution in [-0.2, 0) is 41.8 Å². The molecule has 2 aromatic carbocycles. The lowest BCUT2D eigenvalue weighted by Crippen LogP contribution is -2.36. The fraction of sp³-hybridized carbons (Fsp3) is 0.391. The largest absolute Gasteiger partial charge is 0.435 e. The Balaban J connectivity index is 1.70. The molecular weight excluding hydrogens is 404 g/mol. The molecule has 3 rings (SSSR count). The number of benzene rings is 2. The van der Waals surface area contributed by atoms with Gasteiger partial charge in [-0.1, -0.05) is 72.4 Å². The zero-order chi connectivity index (χ0) is 21.3. The Kier molecular flexibility index (Phi) is 8.45. The Morgan fingerprint density at radius 1 is 0.933 bits per heavy atom. The van der Waals surface area contributed by atoms with E-state index in [1.807, 2.05) is 60.7 Å². The highest BCUT2D eigenvalue weighted by Crippen LogP contribution is 2.35. The third-order valence-electron chi connectivity index (χ3n) is 4.53. The number of esters is 1. The molecule has 0 radical (unpaired) electrons. The van der Waals surface area contributed by atoms with Gasteiger partial charge < -0.3 is 18.9 Å². The van der Waals surface area contributed by atoms with Crippen molar-refractivity contribution in [2.75, 3.05) is 6.61 Å². The van der Waals surface area contributed by atoms with Gasteiger partial charge in [0.25, 0.3) is 0 Å². The Morgan fingerprint density at radius 3 is 2.10 bits per heavy atom. The molecule has 7 heteroatoms. The molecule has 0 N–H and O–H groups in total. The van der Waals surface area contributed by atoms with E-state index in [0.29, 0.717) is 13.2 Å². The van der Waals surface area contributed by atoms with Gasteiger partial charge in [0.05, 0.1) is 19.8 Å². The summed E-state index contributed by atoms with van der Waals surface area (Å²) in [5, 5.41) is -0.569. The first-order valence-corrected chi connectivity index (χ1v) is 10.7. The monoisotopic (exact) mass is 430 g/mol. The van der Waals surface area contributed by atoms with Crippen LogP contribution in [0.3, 0.4) is 0 Å². The third kappa shape index (κ3) is 6.67. The van der Waals surface area contributed by atoms with Gasteiger partial charge in [-0.15, -0.1) is 0 Å². The zero-order valence-electron chi connectivity index (χ0n) is 17.1. The van der Waals surface area contributed by atoms with Crippen LogP contribution in [-0.4, -0.2) is 41.4 Å². The second-order valence-corrected chi connectivity index (χ2v) is 8.34. The summed E-state index contributed by atoms with van der Waals surface area (Å²) in [6.07, 6.45) is -1.82. The lowest BCUT2D eigenvalue weighted by atomic mass is 10.1. The second-order valence-electron chi connectivity index (χ2n) is 6.99. The van der Waals surface area contributed by atoms with E-state index in [1.165, 1.54) is 13.8 Å². The maximum atomic E-state index is 11.8. The van der Waals surface area contributed by atoms with Crippen LogP contribution in [0.1, 0.15) is 25.0 Å². The van der Waals surface area contributed by atoms with Gasteiger partial charge in [0.2, 0.25) is 6.29 Å². The van der Waals surface area contributed by atoms with Crippen molar-refractivity contribution in [3.63, 3.8) is 0 Å². The summed E-state index contributed by atoms with van der Waals surface area (Å²) in [6.45, 7) is 3.82. The first-order valence-electron chi connectivity index (χ1n) is 9.80. The average molecular weight is 431 g/mol. The minimum atomic E-state index is -0.873. The molecule has 1 fully saturated rings. The van der Waals surface area contributed by atoms with Crippen molar-refractivity contribution in [1.29, 1.82) is 0 Å². The minimum Gasteiger partial charge on any atom is -0.435 e. The molecule has 1 aliphatic rings. The van der Waals surface area contributed by atoms with E-state index in [1.54, 1.807) is 0 Å². The lowest BCUT2D eigenvalue weighted by molar-refractivity contribution is -0.176. The molecule has 0 spiro atoms. The van der Waals surface area contributed by atoms with Gasteiger partial charge in [-0.2, -0.15) is 0 Å². The summed E-state index contributed by atoms with van der Waals surface area (Å²) in [4.78, 5) is 23.4. The van der Waals surface area contributed by atoms with Gasteiger partial charge in [-0.3, -0.25) is 9.59 Å². The van der Waals surface area contributed by atoms with Crippen molar-refractivity contribution in [3.8, 4) is 0 Å². The van der Waals surface area contributed by atoms with Crippen LogP contribution in [0.5, 0.6) is 0 Å². The number of carbonyl (C=O) groups is 2. The van der Waals surface area contributed by atoms with Crippen LogP contribution >= 0.6 is 11.8 Å². The molecular formula is C23H26O6S. The number of thioether (sulfide) groups is 1. The van der Waals surface area contributed by atoms with Gasteiger partial charge in [-0.25, -0.2) is 0 Å². The highest BCUT2D eigenvalue weighted by atomic mass is 32.2. The second kappa shape index (κ2) is 11.3. The van der Waals surface area contributed by atoms with E-state index in [2.05, 4.69) is 0 Å². The molecule has 0 bridgehead atoms. The summed E-state index contributed by atoms with van der Waals surface area (Å²) in [6, 6.07) is 19.6. The predicted octanol–water partition coefficient (Wildman–Crippen LogP) is 3.72. The van der Waals surface area contributed by atoms with Gasteiger partial charge in [0, 0.05) is 13.8 Å². The highest BCUT2D eigenvalue weighted by molar-refractivity contribution is 8.14. The molecule has 0 amide bonds. The zero-order valence-corrected chi connectivity index (χ0v) is 17.9. The van der Waals surface area contributed by atoms with Gasteiger partial charge >= 0.3 is 5.97 Å². The quantitative estimate of drug-likeness (QED) is 0.562. The predicted molar refractivity (Wildman–Crippen MR) is 114 cm³/mol. The Morgan fingerprint density at radius 2 is 1.53 bits per heavy atom. The van der Waals surface area contributed by atoms with Crippen molar-refractivity contribution in [2.24, 2.45) is 0 Å². The van der Waals surface area contributed by atoms with Gasteiger partial charge in [0.15, 0.2) is 5.12 Å². The van der Waals surface area contributed by atoms with Gasteiger partial charge in [0.1, 0.15) is 17.5 Å². The van der Waals surface area contributed by atoms with Crippen molar-refractivity contribution in [2.45, 2.75) is 50.8 Å². The van der Waals surface area contributed by atoms with Crippen LogP contribution in [0.2, 0.25) is 0 Å². The normalized spacial score (nSPS) is 23.3. The molecule has 160 valence electrons. The first kappa shape index (κ1) is 22.5. The average Bonchev–Trinajstić information content (AvgIpc) is 3.03. The smallest absolute Gasteiger partial charge is 0.304 e. The Bertz CT molecular complexity index is 813. The molecule has 4 atom stereocenters. The van der Waals surface area contributed by atoms with Crippen molar-refractivity contribution in [3.05, 3.63) is 71.8 Å². The van der Waals surface area contributed by atoms with Crippen LogP contribution in [0.25, 0.3) is 0 Å². The van der Waals surface area contributed by atoms with E-state index in [9.17, 15) is 9.59 Å². The summed E-state index contributed by atoms with van der Waals surface area (Å²) < 4.78 is 23.3. The minimum absolute atomic E-state index is 0.0973. The summed E-state index contributed by atoms with van der Waals surface area (Å²) in [5.74, 6) is -0.471. The molecule has 0 aromatic heterocycles. The maximum absolute atomic E-state index is 11.8. The fourth-order valence-electron chi connectivity index (χ4n) is 3.24. The Hall–Kier alpha value is -2.19. The molecule has 0 aliphatic carbocycles. The maximum Gasteiger partial charge on any atom is 0.304 e. The number of hydrogen-bond donors (Lipinski definition) is 0. The SMILES string of the molecule is CC(=O)O[C@H]1O[C@H](COCc2ccccc2)[C@@H](OCc2ccccc2)[C@@H]1SC(C)=O. The summed E-state index contributed by atoms with van der Waals surface area (Å²) in [7, 11) is 0. The van der Waals surface area contributed by atoms with Crippen LogP contribution in [0.15, 0.2) is 60.7 Å². The van der Waals surface area contributed by atoms with E-state index in [0.717, 1.165) is 22.9 Å².